The quantitative estimate of drug-likeness (QED) is 0.473. The third-order valence-corrected chi connectivity index (χ3v) is 9.22. The molecule has 2 aliphatic heterocycles. The summed E-state index contributed by atoms with van der Waals surface area (Å²) in [6, 6.07) is 24.5. The average molecular weight is 523 g/mol. The molecule has 3 aromatic carbocycles. The third kappa shape index (κ3) is 5.52. The molecule has 196 valence electrons. The first-order chi connectivity index (χ1) is 18.0. The lowest BCUT2D eigenvalue weighted by Gasteiger charge is -2.29. The van der Waals surface area contributed by atoms with Crippen molar-refractivity contribution in [1.29, 1.82) is 0 Å². The molecule has 0 aliphatic carbocycles. The zero-order valence-corrected chi connectivity index (χ0v) is 21.9. The number of nitrogens with zero attached hydrogens (tertiary/aromatic N) is 2. The van der Waals surface area contributed by atoms with Crippen molar-refractivity contribution in [3.05, 3.63) is 90.0 Å². The maximum atomic E-state index is 14.0. The van der Waals surface area contributed by atoms with Gasteiger partial charge in [-0.3, -0.25) is 0 Å². The number of benzene rings is 3. The topological polar surface area (TPSA) is 79.3 Å². The summed E-state index contributed by atoms with van der Waals surface area (Å²) in [5, 5.41) is 9.81. The van der Waals surface area contributed by atoms with Crippen LogP contribution in [0.5, 0.6) is 5.75 Å². The fraction of sp³-hybridized carbons (Fsp3) is 0.379. The number of hydrogen-bond acceptors (Lipinski definition) is 6. The Hall–Kier alpha value is -2.91. The number of rotatable bonds is 8. The minimum Gasteiger partial charge on any atom is -0.485 e. The number of ether oxygens (including phenoxy) is 2. The van der Waals surface area contributed by atoms with E-state index >= 15 is 0 Å². The summed E-state index contributed by atoms with van der Waals surface area (Å²) in [6.45, 7) is 3.62. The first kappa shape index (κ1) is 25.7. The number of aliphatic hydroxyl groups is 1. The van der Waals surface area contributed by atoms with Crippen molar-refractivity contribution in [2.45, 2.75) is 49.5 Å². The third-order valence-electron chi connectivity index (χ3n) is 7.24. The molecule has 5 rings (SSSR count). The molecule has 0 bridgehead atoms. The zero-order valence-electron chi connectivity index (χ0n) is 21.1. The van der Waals surface area contributed by atoms with Crippen LogP contribution in [0.2, 0.25) is 0 Å². The van der Waals surface area contributed by atoms with Gasteiger partial charge >= 0.3 is 0 Å². The smallest absolute Gasteiger partial charge is 0.247 e. The molecule has 2 aliphatic rings. The average Bonchev–Trinajstić information content (AvgIpc) is 3.37. The summed E-state index contributed by atoms with van der Waals surface area (Å²) >= 11 is 0. The molecular formula is C29H34N2O5S. The van der Waals surface area contributed by atoms with Crippen LogP contribution in [0, 0.1) is 0 Å². The van der Waals surface area contributed by atoms with Crippen molar-refractivity contribution in [2.24, 2.45) is 0 Å². The minimum atomic E-state index is -3.85. The van der Waals surface area contributed by atoms with E-state index in [1.807, 2.05) is 79.7 Å². The molecule has 37 heavy (non-hydrogen) atoms. The van der Waals surface area contributed by atoms with Crippen LogP contribution in [0.4, 0.5) is 5.69 Å². The maximum absolute atomic E-state index is 14.0. The van der Waals surface area contributed by atoms with E-state index in [1.54, 1.807) is 6.07 Å². The Kier molecular flexibility index (Phi) is 7.81. The van der Waals surface area contributed by atoms with E-state index in [1.165, 1.54) is 4.31 Å². The van der Waals surface area contributed by atoms with Crippen LogP contribution in [0.1, 0.15) is 36.9 Å². The summed E-state index contributed by atoms with van der Waals surface area (Å²) < 4.78 is 41.9. The van der Waals surface area contributed by atoms with Gasteiger partial charge in [0.2, 0.25) is 10.0 Å². The fourth-order valence-corrected chi connectivity index (χ4v) is 6.98. The lowest BCUT2D eigenvalue weighted by Crippen LogP contribution is -2.40. The highest BCUT2D eigenvalue weighted by atomic mass is 32.2. The molecule has 7 nitrogen and oxygen atoms in total. The Morgan fingerprint density at radius 2 is 1.78 bits per heavy atom. The van der Waals surface area contributed by atoms with Gasteiger partial charge in [-0.15, -0.1) is 0 Å². The molecule has 8 heteroatoms. The zero-order chi connectivity index (χ0) is 25.8. The van der Waals surface area contributed by atoms with E-state index in [2.05, 4.69) is 4.90 Å². The van der Waals surface area contributed by atoms with Crippen molar-refractivity contribution in [3.63, 3.8) is 0 Å². The van der Waals surface area contributed by atoms with Gasteiger partial charge in [0.25, 0.3) is 0 Å². The summed E-state index contributed by atoms with van der Waals surface area (Å²) in [6.07, 6.45) is 1.40. The Bertz CT molecular complexity index is 1290. The molecule has 0 spiro atoms. The van der Waals surface area contributed by atoms with Crippen LogP contribution < -0.4 is 9.64 Å². The monoisotopic (exact) mass is 522 g/mol. The van der Waals surface area contributed by atoms with E-state index < -0.39 is 16.1 Å². The molecule has 1 N–H and O–H groups in total. The molecule has 0 saturated carbocycles. The highest BCUT2D eigenvalue weighted by Gasteiger charge is 2.39. The minimum absolute atomic E-state index is 0.0278. The van der Waals surface area contributed by atoms with E-state index in [0.717, 1.165) is 36.2 Å². The lowest BCUT2D eigenvalue weighted by atomic mass is 10.1. The van der Waals surface area contributed by atoms with Crippen LogP contribution in [0.25, 0.3) is 0 Å². The molecule has 3 atom stereocenters. The van der Waals surface area contributed by atoms with Crippen LogP contribution >= 0.6 is 0 Å². The molecule has 1 saturated heterocycles. The van der Waals surface area contributed by atoms with Gasteiger partial charge in [0.05, 0.1) is 32.4 Å². The van der Waals surface area contributed by atoms with Gasteiger partial charge in [-0.2, -0.15) is 4.31 Å². The number of hydrogen-bond donors (Lipinski definition) is 1. The molecule has 0 radical (unpaired) electrons. The Labute approximate surface area is 219 Å². The lowest BCUT2D eigenvalue weighted by molar-refractivity contribution is 0.0313. The molecule has 0 unspecified atom stereocenters. The van der Waals surface area contributed by atoms with Crippen LogP contribution in [0.15, 0.2) is 83.8 Å². The molecule has 0 amide bonds. The van der Waals surface area contributed by atoms with Gasteiger partial charge in [-0.1, -0.05) is 60.7 Å². The first-order valence-corrected chi connectivity index (χ1v) is 14.3. The Balaban J connectivity index is 1.47. The molecular weight excluding hydrogens is 488 g/mol. The van der Waals surface area contributed by atoms with E-state index in [-0.39, 0.29) is 36.7 Å². The fourth-order valence-electron chi connectivity index (χ4n) is 5.22. The summed E-state index contributed by atoms with van der Waals surface area (Å²) in [4.78, 5) is 2.29. The second kappa shape index (κ2) is 11.2. The standard InChI is InChI=1S/C29H34N2O5S/c1-22(24-11-6-3-7-12-24)31-18-27(21-35-20-23-9-4-2-5-10-23)36-28-17-25(14-15-29(28)37(31,33)34)30-16-8-13-26(30)19-32/h2-7,9-12,14-15,17,22,26-27,32H,8,13,16,18-21H2,1H3/t22-,26-,27+/m1/s1. The first-order valence-electron chi connectivity index (χ1n) is 12.8. The van der Waals surface area contributed by atoms with Crippen molar-refractivity contribution in [3.8, 4) is 5.75 Å². The normalized spacial score (nSPS) is 22.2. The van der Waals surface area contributed by atoms with Gasteiger partial charge < -0.3 is 19.5 Å². The predicted octanol–water partition coefficient (Wildman–Crippen LogP) is 4.38. The second-order valence-electron chi connectivity index (χ2n) is 9.71. The SMILES string of the molecule is C[C@H](c1ccccc1)N1C[C@@H](COCc2ccccc2)Oc2cc(N3CCC[C@@H]3CO)ccc2S1(=O)=O. The summed E-state index contributed by atoms with van der Waals surface area (Å²) in [5.74, 6) is 0.331. The Morgan fingerprint density at radius 1 is 1.05 bits per heavy atom. The van der Waals surface area contributed by atoms with Crippen LogP contribution in [-0.2, 0) is 21.4 Å². The summed E-state index contributed by atoms with van der Waals surface area (Å²) in [7, 11) is -3.85. The van der Waals surface area contributed by atoms with Gasteiger partial charge in [0, 0.05) is 24.3 Å². The van der Waals surface area contributed by atoms with Crippen molar-refractivity contribution in [1.82, 2.24) is 4.31 Å². The van der Waals surface area contributed by atoms with E-state index in [0.29, 0.717) is 12.4 Å². The number of sulfonamides is 1. The van der Waals surface area contributed by atoms with Crippen molar-refractivity contribution in [2.75, 3.05) is 31.2 Å². The number of fused-ring (bicyclic) bond motifs is 1. The summed E-state index contributed by atoms with van der Waals surface area (Å²) in [5.41, 5.74) is 2.82. The van der Waals surface area contributed by atoms with Gasteiger partial charge in [0.1, 0.15) is 16.7 Å². The van der Waals surface area contributed by atoms with E-state index in [4.69, 9.17) is 9.47 Å². The van der Waals surface area contributed by atoms with Crippen LogP contribution in [-0.4, -0.2) is 56.3 Å². The Morgan fingerprint density at radius 3 is 2.51 bits per heavy atom. The van der Waals surface area contributed by atoms with E-state index in [9.17, 15) is 13.5 Å². The van der Waals surface area contributed by atoms with Gasteiger partial charge in [0.15, 0.2) is 0 Å². The van der Waals surface area contributed by atoms with Crippen LogP contribution in [0.3, 0.4) is 0 Å². The van der Waals surface area contributed by atoms with Gasteiger partial charge in [-0.05, 0) is 43.0 Å². The second-order valence-corrected chi connectivity index (χ2v) is 11.6. The molecule has 0 aromatic heterocycles. The largest absolute Gasteiger partial charge is 0.485 e. The predicted molar refractivity (Wildman–Crippen MR) is 143 cm³/mol. The van der Waals surface area contributed by atoms with Crippen molar-refractivity contribution < 1.29 is 23.0 Å². The van der Waals surface area contributed by atoms with Gasteiger partial charge in [-0.25, -0.2) is 8.42 Å². The molecule has 1 fully saturated rings. The van der Waals surface area contributed by atoms with Crippen molar-refractivity contribution >= 4 is 15.7 Å². The molecule has 2 heterocycles. The maximum Gasteiger partial charge on any atom is 0.247 e. The highest BCUT2D eigenvalue weighted by molar-refractivity contribution is 7.89. The number of anilines is 1. The highest BCUT2D eigenvalue weighted by Crippen LogP contribution is 2.39. The number of aliphatic hydroxyl groups excluding tert-OH is 1. The molecule has 3 aromatic rings.